The summed E-state index contributed by atoms with van der Waals surface area (Å²) in [5.74, 6) is 0.381. The minimum atomic E-state index is 0.119. The van der Waals surface area contributed by atoms with Crippen molar-refractivity contribution in [2.24, 2.45) is 11.7 Å². The first kappa shape index (κ1) is 17.4. The van der Waals surface area contributed by atoms with Gasteiger partial charge in [0, 0.05) is 25.6 Å². The number of hydrogen-bond donors (Lipinski definition) is 1. The molecule has 0 aliphatic carbocycles. The first-order valence-electron chi connectivity index (χ1n) is 7.00. The molecule has 0 rings (SSSR count). The van der Waals surface area contributed by atoms with Gasteiger partial charge in [0.25, 0.3) is 0 Å². The molecule has 0 aliphatic rings. The van der Waals surface area contributed by atoms with Gasteiger partial charge in [0.1, 0.15) is 0 Å². The van der Waals surface area contributed by atoms with Crippen LogP contribution in [0.1, 0.15) is 39.5 Å². The lowest BCUT2D eigenvalue weighted by molar-refractivity contribution is -0.134. The monoisotopic (exact) mass is 257 g/mol. The van der Waals surface area contributed by atoms with Gasteiger partial charge in [0.05, 0.1) is 0 Å². The highest BCUT2D eigenvalue weighted by Gasteiger charge is 2.16. The Bertz CT molecular complexity index is 207. The highest BCUT2D eigenvalue weighted by atomic mass is 16.2. The van der Waals surface area contributed by atoms with Crippen molar-refractivity contribution in [2.45, 2.75) is 45.6 Å². The van der Waals surface area contributed by atoms with E-state index in [0.717, 1.165) is 38.8 Å². The van der Waals surface area contributed by atoms with Crippen LogP contribution in [0.5, 0.6) is 0 Å². The molecule has 2 atom stereocenters. The van der Waals surface area contributed by atoms with Gasteiger partial charge in [0.2, 0.25) is 5.91 Å². The van der Waals surface area contributed by atoms with E-state index in [-0.39, 0.29) is 17.9 Å². The van der Waals surface area contributed by atoms with Crippen molar-refractivity contribution in [1.29, 1.82) is 0 Å². The maximum Gasteiger partial charge on any atom is 0.225 e. The first-order chi connectivity index (χ1) is 8.34. The summed E-state index contributed by atoms with van der Waals surface area (Å²) in [7, 11) is 6.01. The molecule has 4 heteroatoms. The van der Waals surface area contributed by atoms with Crippen LogP contribution < -0.4 is 5.73 Å². The van der Waals surface area contributed by atoms with Crippen LogP contribution in [0.15, 0.2) is 0 Å². The number of nitrogens with zero attached hydrogens (tertiary/aromatic N) is 2. The summed E-state index contributed by atoms with van der Waals surface area (Å²) < 4.78 is 0. The summed E-state index contributed by atoms with van der Waals surface area (Å²) in [5, 5.41) is 0. The number of rotatable bonds is 9. The molecule has 0 radical (unpaired) electrons. The molecule has 0 aromatic heterocycles. The Hall–Kier alpha value is -0.610. The molecule has 0 heterocycles. The van der Waals surface area contributed by atoms with Crippen LogP contribution in [0, 0.1) is 5.92 Å². The molecule has 0 bridgehead atoms. The fraction of sp³-hybridized carbons (Fsp3) is 0.929. The summed E-state index contributed by atoms with van der Waals surface area (Å²) in [5.41, 5.74) is 5.71. The highest BCUT2D eigenvalue weighted by molar-refractivity contribution is 5.78. The molecule has 0 spiro atoms. The van der Waals surface area contributed by atoms with Crippen LogP contribution in [-0.4, -0.2) is 56.0 Å². The molecule has 1 amide bonds. The van der Waals surface area contributed by atoms with Gasteiger partial charge in [-0.2, -0.15) is 0 Å². The number of carbonyl (C=O) groups excluding carboxylic acids is 1. The third kappa shape index (κ3) is 8.48. The molecular formula is C14H31N3O. The second-order valence-electron chi connectivity index (χ2n) is 5.73. The van der Waals surface area contributed by atoms with Crippen molar-refractivity contribution in [3.8, 4) is 0 Å². The molecule has 2 unspecified atom stereocenters. The minimum Gasteiger partial charge on any atom is -0.345 e. The average molecular weight is 257 g/mol. The minimum absolute atomic E-state index is 0.119. The molecule has 108 valence electrons. The second kappa shape index (κ2) is 9.34. The number of amides is 1. The fourth-order valence-electron chi connectivity index (χ4n) is 1.98. The predicted octanol–water partition coefficient (Wildman–Crippen LogP) is 1.55. The Labute approximate surface area is 113 Å². The van der Waals surface area contributed by atoms with E-state index in [0.29, 0.717) is 0 Å². The maximum absolute atomic E-state index is 12.1. The van der Waals surface area contributed by atoms with Crippen molar-refractivity contribution >= 4 is 5.91 Å². The van der Waals surface area contributed by atoms with Crippen molar-refractivity contribution in [2.75, 3.05) is 34.2 Å². The molecule has 2 N–H and O–H groups in total. The van der Waals surface area contributed by atoms with Crippen molar-refractivity contribution in [3.63, 3.8) is 0 Å². The molecule has 0 fully saturated rings. The van der Waals surface area contributed by atoms with E-state index >= 15 is 0 Å². The fourth-order valence-corrected chi connectivity index (χ4v) is 1.98. The van der Waals surface area contributed by atoms with Crippen molar-refractivity contribution < 1.29 is 4.79 Å². The molecular weight excluding hydrogens is 226 g/mol. The van der Waals surface area contributed by atoms with Gasteiger partial charge in [-0.05, 0) is 46.8 Å². The third-order valence-corrected chi connectivity index (χ3v) is 3.19. The molecule has 0 aromatic carbocycles. The van der Waals surface area contributed by atoms with Crippen LogP contribution in [0.2, 0.25) is 0 Å². The zero-order chi connectivity index (χ0) is 14.1. The first-order valence-corrected chi connectivity index (χ1v) is 7.00. The lowest BCUT2D eigenvalue weighted by Gasteiger charge is -2.22. The number of nitrogens with two attached hydrogens (primary N) is 1. The molecule has 0 aromatic rings. The van der Waals surface area contributed by atoms with Gasteiger partial charge in [-0.25, -0.2) is 0 Å². The highest BCUT2D eigenvalue weighted by Crippen LogP contribution is 2.11. The van der Waals surface area contributed by atoms with Crippen LogP contribution >= 0.6 is 0 Å². The zero-order valence-corrected chi connectivity index (χ0v) is 12.8. The van der Waals surface area contributed by atoms with Crippen LogP contribution in [-0.2, 0) is 4.79 Å². The largest absolute Gasteiger partial charge is 0.345 e. The quantitative estimate of drug-likeness (QED) is 0.682. The van der Waals surface area contributed by atoms with E-state index in [9.17, 15) is 4.79 Å². The van der Waals surface area contributed by atoms with E-state index in [1.807, 2.05) is 25.8 Å². The Morgan fingerprint density at radius 2 is 1.67 bits per heavy atom. The Kier molecular flexibility index (Phi) is 9.02. The van der Waals surface area contributed by atoms with Crippen LogP contribution in [0.25, 0.3) is 0 Å². The van der Waals surface area contributed by atoms with E-state index in [2.05, 4.69) is 19.0 Å². The SMILES string of the molecule is CC(N)CCCC(C)C(=O)N(C)CCCN(C)C. The maximum atomic E-state index is 12.1. The predicted molar refractivity (Wildman–Crippen MR) is 77.5 cm³/mol. The lowest BCUT2D eigenvalue weighted by Crippen LogP contribution is -2.33. The van der Waals surface area contributed by atoms with Gasteiger partial charge in [-0.1, -0.05) is 13.3 Å². The van der Waals surface area contributed by atoms with E-state index < -0.39 is 0 Å². The number of carbonyl (C=O) groups is 1. The lowest BCUT2D eigenvalue weighted by atomic mass is 10.0. The molecule has 0 saturated heterocycles. The Balaban J connectivity index is 3.82. The summed E-state index contributed by atoms with van der Waals surface area (Å²) in [6, 6.07) is 0.241. The molecule has 18 heavy (non-hydrogen) atoms. The van der Waals surface area contributed by atoms with E-state index in [4.69, 9.17) is 5.73 Å². The molecule has 0 aliphatic heterocycles. The number of hydrogen-bond acceptors (Lipinski definition) is 3. The average Bonchev–Trinajstić information content (AvgIpc) is 2.26. The summed E-state index contributed by atoms with van der Waals surface area (Å²) >= 11 is 0. The topological polar surface area (TPSA) is 49.6 Å². The Morgan fingerprint density at radius 3 is 2.17 bits per heavy atom. The molecule has 4 nitrogen and oxygen atoms in total. The smallest absolute Gasteiger partial charge is 0.225 e. The van der Waals surface area contributed by atoms with Gasteiger partial charge in [-0.15, -0.1) is 0 Å². The summed E-state index contributed by atoms with van der Waals surface area (Å²) in [6.07, 6.45) is 4.01. The van der Waals surface area contributed by atoms with Gasteiger partial charge in [0.15, 0.2) is 0 Å². The van der Waals surface area contributed by atoms with E-state index in [1.54, 1.807) is 0 Å². The summed E-state index contributed by atoms with van der Waals surface area (Å²) in [4.78, 5) is 16.1. The van der Waals surface area contributed by atoms with Gasteiger partial charge in [-0.3, -0.25) is 4.79 Å². The molecule has 0 saturated carbocycles. The zero-order valence-electron chi connectivity index (χ0n) is 12.8. The van der Waals surface area contributed by atoms with Gasteiger partial charge >= 0.3 is 0 Å². The third-order valence-electron chi connectivity index (χ3n) is 3.19. The van der Waals surface area contributed by atoms with E-state index in [1.165, 1.54) is 0 Å². The van der Waals surface area contributed by atoms with Gasteiger partial charge < -0.3 is 15.5 Å². The second-order valence-corrected chi connectivity index (χ2v) is 5.73. The van der Waals surface area contributed by atoms with Crippen molar-refractivity contribution in [1.82, 2.24) is 9.80 Å². The van der Waals surface area contributed by atoms with Crippen LogP contribution in [0.4, 0.5) is 0 Å². The van der Waals surface area contributed by atoms with Crippen LogP contribution in [0.3, 0.4) is 0 Å². The normalized spacial score (nSPS) is 14.6. The Morgan fingerprint density at radius 1 is 1.06 bits per heavy atom. The van der Waals surface area contributed by atoms with Crippen molar-refractivity contribution in [3.05, 3.63) is 0 Å². The summed E-state index contributed by atoms with van der Waals surface area (Å²) in [6.45, 7) is 5.90. The standard InChI is InChI=1S/C14H31N3O/c1-12(8-6-9-13(2)15)14(18)17(5)11-7-10-16(3)4/h12-13H,6-11,15H2,1-5H3.